The molecule has 190 valence electrons. The van der Waals surface area contributed by atoms with Gasteiger partial charge in [-0.2, -0.15) is 0 Å². The fraction of sp³-hybridized carbons (Fsp3) is 0.333. The Labute approximate surface area is 218 Å². The van der Waals surface area contributed by atoms with Gasteiger partial charge in [0.05, 0.1) is 5.75 Å². The number of halogens is 1. The van der Waals surface area contributed by atoms with E-state index in [1.54, 1.807) is 23.1 Å². The standard InChI is InChI=1S/C30H35FN2O2S/c1-22(2)18-32-30(35)28(17-24-9-5-4-6-10-24)33(19-26-11-7-8-12-27(26)31)29(34)21-36-20-25-15-13-23(3)14-16-25/h4-16,22,28H,17-21H2,1-3H3,(H,32,35)/t28-/m1/s1. The lowest BCUT2D eigenvalue weighted by atomic mass is 10.0. The first kappa shape index (κ1) is 27.5. The summed E-state index contributed by atoms with van der Waals surface area (Å²) in [6.07, 6.45) is 0.355. The number of rotatable bonds is 12. The summed E-state index contributed by atoms with van der Waals surface area (Å²) in [4.78, 5) is 28.5. The third-order valence-electron chi connectivity index (χ3n) is 5.87. The molecule has 0 aliphatic carbocycles. The highest BCUT2D eigenvalue weighted by atomic mass is 32.2. The number of hydrogen-bond acceptors (Lipinski definition) is 3. The molecule has 0 aliphatic heterocycles. The molecule has 0 aromatic heterocycles. The van der Waals surface area contributed by atoms with Crippen molar-refractivity contribution in [3.63, 3.8) is 0 Å². The molecule has 6 heteroatoms. The molecule has 3 aromatic carbocycles. The highest BCUT2D eigenvalue weighted by Gasteiger charge is 2.30. The van der Waals surface area contributed by atoms with Crippen LogP contribution in [0, 0.1) is 18.7 Å². The maximum atomic E-state index is 14.6. The molecule has 3 aromatic rings. The van der Waals surface area contributed by atoms with Gasteiger partial charge in [-0.15, -0.1) is 11.8 Å². The van der Waals surface area contributed by atoms with E-state index in [1.165, 1.54) is 23.4 Å². The van der Waals surface area contributed by atoms with Crippen LogP contribution in [0.2, 0.25) is 0 Å². The van der Waals surface area contributed by atoms with Crippen molar-refractivity contribution >= 4 is 23.6 Å². The molecular formula is C30H35FN2O2S. The van der Waals surface area contributed by atoms with Gasteiger partial charge in [-0.1, -0.05) is 92.2 Å². The van der Waals surface area contributed by atoms with Crippen molar-refractivity contribution in [1.82, 2.24) is 10.2 Å². The summed E-state index contributed by atoms with van der Waals surface area (Å²) in [7, 11) is 0. The number of nitrogens with zero attached hydrogens (tertiary/aromatic N) is 1. The molecule has 0 unspecified atom stereocenters. The molecule has 0 spiro atoms. The van der Waals surface area contributed by atoms with Crippen LogP contribution in [-0.2, 0) is 28.3 Å². The topological polar surface area (TPSA) is 49.4 Å². The summed E-state index contributed by atoms with van der Waals surface area (Å²) in [6, 6.07) is 23.5. The zero-order chi connectivity index (χ0) is 25.9. The first-order valence-electron chi connectivity index (χ1n) is 12.3. The van der Waals surface area contributed by atoms with Crippen LogP contribution in [0.1, 0.15) is 36.1 Å². The van der Waals surface area contributed by atoms with Crippen molar-refractivity contribution in [3.05, 3.63) is 107 Å². The second-order valence-electron chi connectivity index (χ2n) is 9.44. The van der Waals surface area contributed by atoms with Crippen molar-refractivity contribution in [3.8, 4) is 0 Å². The smallest absolute Gasteiger partial charge is 0.243 e. The average molecular weight is 507 g/mol. The molecule has 0 aliphatic rings. The van der Waals surface area contributed by atoms with Crippen molar-refractivity contribution in [2.75, 3.05) is 12.3 Å². The number of hydrogen-bond donors (Lipinski definition) is 1. The molecule has 0 saturated heterocycles. The van der Waals surface area contributed by atoms with Crippen molar-refractivity contribution in [1.29, 1.82) is 0 Å². The molecule has 1 N–H and O–H groups in total. The molecule has 0 bridgehead atoms. The van der Waals surface area contributed by atoms with Crippen molar-refractivity contribution in [2.45, 2.75) is 45.5 Å². The van der Waals surface area contributed by atoms with Gasteiger partial charge in [0.2, 0.25) is 11.8 Å². The first-order chi connectivity index (χ1) is 17.3. The van der Waals surface area contributed by atoms with Crippen LogP contribution >= 0.6 is 11.8 Å². The summed E-state index contributed by atoms with van der Waals surface area (Å²) >= 11 is 1.50. The minimum Gasteiger partial charge on any atom is -0.354 e. The van der Waals surface area contributed by atoms with Gasteiger partial charge in [-0.25, -0.2) is 4.39 Å². The van der Waals surface area contributed by atoms with Gasteiger partial charge in [0.15, 0.2) is 0 Å². The Morgan fingerprint density at radius 1 is 0.917 bits per heavy atom. The zero-order valence-corrected chi connectivity index (χ0v) is 22.1. The summed E-state index contributed by atoms with van der Waals surface area (Å²) in [5.74, 6) is 0.362. The summed E-state index contributed by atoms with van der Waals surface area (Å²) < 4.78 is 14.6. The predicted molar refractivity (Wildman–Crippen MR) is 146 cm³/mol. The van der Waals surface area contributed by atoms with Gasteiger partial charge in [0, 0.05) is 30.8 Å². The minimum absolute atomic E-state index is 0.0309. The van der Waals surface area contributed by atoms with Crippen LogP contribution in [0.3, 0.4) is 0 Å². The fourth-order valence-electron chi connectivity index (χ4n) is 3.81. The Kier molecular flexibility index (Phi) is 10.6. The van der Waals surface area contributed by atoms with Crippen LogP contribution in [-0.4, -0.2) is 35.1 Å². The maximum Gasteiger partial charge on any atom is 0.243 e. The number of amides is 2. The highest BCUT2D eigenvalue weighted by molar-refractivity contribution is 7.99. The summed E-state index contributed by atoms with van der Waals surface area (Å²) in [5, 5.41) is 2.99. The van der Waals surface area contributed by atoms with Crippen LogP contribution in [0.4, 0.5) is 4.39 Å². The Bertz CT molecular complexity index is 1120. The van der Waals surface area contributed by atoms with Crippen LogP contribution in [0.15, 0.2) is 78.9 Å². The third kappa shape index (κ3) is 8.52. The van der Waals surface area contributed by atoms with Crippen molar-refractivity contribution < 1.29 is 14.0 Å². The molecule has 4 nitrogen and oxygen atoms in total. The van der Waals surface area contributed by atoms with Gasteiger partial charge in [-0.3, -0.25) is 9.59 Å². The van der Waals surface area contributed by atoms with E-state index in [0.717, 1.165) is 11.1 Å². The lowest BCUT2D eigenvalue weighted by Crippen LogP contribution is -2.51. The number of benzene rings is 3. The quantitative estimate of drug-likeness (QED) is 0.339. The van der Waals surface area contributed by atoms with Crippen LogP contribution < -0.4 is 5.32 Å². The molecule has 0 fully saturated rings. The zero-order valence-electron chi connectivity index (χ0n) is 21.2. The summed E-state index contributed by atoms with van der Waals surface area (Å²) in [5.41, 5.74) is 3.66. The maximum absolute atomic E-state index is 14.6. The van der Waals surface area contributed by atoms with Gasteiger partial charge >= 0.3 is 0 Å². The van der Waals surface area contributed by atoms with Crippen LogP contribution in [0.5, 0.6) is 0 Å². The number of carbonyl (C=O) groups excluding carboxylic acids is 2. The van der Waals surface area contributed by atoms with E-state index in [-0.39, 0.29) is 35.8 Å². The van der Waals surface area contributed by atoms with E-state index in [1.807, 2.05) is 51.1 Å². The molecule has 36 heavy (non-hydrogen) atoms. The SMILES string of the molecule is Cc1ccc(CSCC(=O)N(Cc2ccccc2F)[C@H](Cc2ccccc2)C(=O)NCC(C)C)cc1. The monoisotopic (exact) mass is 506 g/mol. The normalized spacial score (nSPS) is 11.8. The van der Waals surface area contributed by atoms with Gasteiger partial charge in [0.1, 0.15) is 11.9 Å². The number of nitrogens with one attached hydrogen (secondary N) is 1. The Morgan fingerprint density at radius 2 is 1.58 bits per heavy atom. The van der Waals surface area contributed by atoms with Gasteiger partial charge in [-0.05, 0) is 30.0 Å². The Balaban J connectivity index is 1.84. The molecule has 0 heterocycles. The molecular weight excluding hydrogens is 471 g/mol. The molecule has 2 amide bonds. The summed E-state index contributed by atoms with van der Waals surface area (Å²) in [6.45, 7) is 6.63. The predicted octanol–water partition coefficient (Wildman–Crippen LogP) is 5.78. The molecule has 0 radical (unpaired) electrons. The second-order valence-corrected chi connectivity index (χ2v) is 10.4. The Morgan fingerprint density at radius 3 is 2.25 bits per heavy atom. The molecule has 0 saturated carbocycles. The average Bonchev–Trinajstić information content (AvgIpc) is 2.87. The van der Waals surface area contributed by atoms with Gasteiger partial charge < -0.3 is 10.2 Å². The lowest BCUT2D eigenvalue weighted by Gasteiger charge is -2.32. The highest BCUT2D eigenvalue weighted by Crippen LogP contribution is 2.20. The first-order valence-corrected chi connectivity index (χ1v) is 13.5. The van der Waals surface area contributed by atoms with Crippen molar-refractivity contribution in [2.24, 2.45) is 5.92 Å². The van der Waals surface area contributed by atoms with E-state index >= 15 is 0 Å². The van der Waals surface area contributed by atoms with E-state index in [0.29, 0.717) is 24.3 Å². The number of thioether (sulfide) groups is 1. The van der Waals surface area contributed by atoms with Gasteiger partial charge in [0.25, 0.3) is 0 Å². The lowest BCUT2D eigenvalue weighted by molar-refractivity contribution is -0.139. The van der Waals surface area contributed by atoms with E-state index in [2.05, 4.69) is 29.6 Å². The molecule has 3 rings (SSSR count). The van der Waals surface area contributed by atoms with E-state index < -0.39 is 6.04 Å². The number of carbonyl (C=O) groups is 2. The van der Waals surface area contributed by atoms with Crippen LogP contribution in [0.25, 0.3) is 0 Å². The minimum atomic E-state index is -0.752. The Hall–Kier alpha value is -3.12. The molecule has 1 atom stereocenters. The number of aryl methyl sites for hydroxylation is 1. The largest absolute Gasteiger partial charge is 0.354 e. The fourth-order valence-corrected chi connectivity index (χ4v) is 4.68. The second kappa shape index (κ2) is 13.8. The van der Waals surface area contributed by atoms with E-state index in [9.17, 15) is 14.0 Å². The third-order valence-corrected chi connectivity index (χ3v) is 6.86. The van der Waals surface area contributed by atoms with E-state index in [4.69, 9.17) is 0 Å².